The number of likely N-dealkylation sites (tertiary alicyclic amines) is 1. The average molecular weight is 373 g/mol. The van der Waals surface area contributed by atoms with E-state index in [9.17, 15) is 9.59 Å². The number of hydrogen-bond donors (Lipinski definition) is 1. The molecule has 2 amide bonds. The van der Waals surface area contributed by atoms with Crippen molar-refractivity contribution < 1.29 is 14.3 Å². The highest BCUT2D eigenvalue weighted by molar-refractivity contribution is 5.93. The Morgan fingerprint density at radius 3 is 2.74 bits per heavy atom. The third-order valence-corrected chi connectivity index (χ3v) is 5.55. The van der Waals surface area contributed by atoms with Gasteiger partial charge in [0.1, 0.15) is 0 Å². The zero-order chi connectivity index (χ0) is 19.2. The van der Waals surface area contributed by atoms with Crippen molar-refractivity contribution in [3.8, 4) is 0 Å². The molecule has 6 heteroatoms. The molecule has 0 bridgehead atoms. The van der Waals surface area contributed by atoms with E-state index in [1.54, 1.807) is 0 Å². The van der Waals surface area contributed by atoms with E-state index in [2.05, 4.69) is 23.2 Å². The van der Waals surface area contributed by atoms with Crippen LogP contribution in [0.2, 0.25) is 0 Å². The summed E-state index contributed by atoms with van der Waals surface area (Å²) in [6.07, 6.45) is 2.75. The second-order valence-electron chi connectivity index (χ2n) is 7.52. The highest BCUT2D eigenvalue weighted by atomic mass is 16.5. The summed E-state index contributed by atoms with van der Waals surface area (Å²) in [5.74, 6) is 0.211. The number of nitrogens with one attached hydrogen (secondary N) is 1. The molecule has 0 aliphatic carbocycles. The largest absolute Gasteiger partial charge is 0.378 e. The molecule has 6 nitrogen and oxygen atoms in total. The maximum atomic E-state index is 12.7. The van der Waals surface area contributed by atoms with Crippen molar-refractivity contribution in [2.75, 3.05) is 51.3 Å². The van der Waals surface area contributed by atoms with Crippen LogP contribution in [-0.2, 0) is 20.7 Å². The van der Waals surface area contributed by atoms with Gasteiger partial charge in [0.25, 0.3) is 0 Å². The third-order valence-electron chi connectivity index (χ3n) is 5.55. The van der Waals surface area contributed by atoms with Crippen LogP contribution in [0.3, 0.4) is 0 Å². The first-order valence-corrected chi connectivity index (χ1v) is 10.1. The van der Waals surface area contributed by atoms with E-state index >= 15 is 0 Å². The molecule has 2 aliphatic heterocycles. The van der Waals surface area contributed by atoms with Crippen LogP contribution in [0.15, 0.2) is 18.2 Å². The molecule has 27 heavy (non-hydrogen) atoms. The summed E-state index contributed by atoms with van der Waals surface area (Å²) in [5, 5.41) is 3.09. The smallest absolute Gasteiger partial charge is 0.238 e. The lowest BCUT2D eigenvalue weighted by Crippen LogP contribution is -2.49. The van der Waals surface area contributed by atoms with Gasteiger partial charge in [-0.2, -0.15) is 0 Å². The number of morpholine rings is 1. The number of hydrogen-bond acceptors (Lipinski definition) is 4. The summed E-state index contributed by atoms with van der Waals surface area (Å²) in [7, 11) is 0. The topological polar surface area (TPSA) is 61.9 Å². The van der Waals surface area contributed by atoms with Crippen molar-refractivity contribution in [3.63, 3.8) is 0 Å². The monoisotopic (exact) mass is 373 g/mol. The molecule has 1 aromatic carbocycles. The Morgan fingerprint density at radius 1 is 1.22 bits per heavy atom. The maximum absolute atomic E-state index is 12.7. The molecular weight excluding hydrogens is 342 g/mol. The van der Waals surface area contributed by atoms with Crippen LogP contribution in [-0.4, -0.2) is 67.6 Å². The fourth-order valence-electron chi connectivity index (χ4n) is 4.03. The van der Waals surface area contributed by atoms with Crippen molar-refractivity contribution in [3.05, 3.63) is 29.3 Å². The quantitative estimate of drug-likeness (QED) is 0.858. The molecule has 0 saturated carbocycles. The third kappa shape index (κ3) is 5.08. The SMILES string of the molecule is CCc1cccc(C)c1NC(=O)CN1CCCC(C(=O)N2CCOCC2)C1. The summed E-state index contributed by atoms with van der Waals surface area (Å²) < 4.78 is 5.34. The molecule has 1 atom stereocenters. The van der Waals surface area contributed by atoms with Crippen molar-refractivity contribution in [1.29, 1.82) is 0 Å². The van der Waals surface area contributed by atoms with Crippen LogP contribution in [0.4, 0.5) is 5.69 Å². The highest BCUT2D eigenvalue weighted by Crippen LogP contribution is 2.22. The van der Waals surface area contributed by atoms with Gasteiger partial charge in [-0.3, -0.25) is 14.5 Å². The highest BCUT2D eigenvalue weighted by Gasteiger charge is 2.30. The molecular formula is C21H31N3O3. The summed E-state index contributed by atoms with van der Waals surface area (Å²) in [4.78, 5) is 29.4. The van der Waals surface area contributed by atoms with E-state index in [0.717, 1.165) is 42.6 Å². The van der Waals surface area contributed by atoms with Crippen molar-refractivity contribution in [2.45, 2.75) is 33.1 Å². The van der Waals surface area contributed by atoms with Gasteiger partial charge in [-0.1, -0.05) is 25.1 Å². The number of piperidine rings is 1. The van der Waals surface area contributed by atoms with E-state index < -0.39 is 0 Å². The minimum absolute atomic E-state index is 0.00142. The van der Waals surface area contributed by atoms with Gasteiger partial charge in [0.15, 0.2) is 0 Å². The number of rotatable bonds is 5. The Bertz CT molecular complexity index is 671. The van der Waals surface area contributed by atoms with Gasteiger partial charge in [-0.25, -0.2) is 0 Å². The van der Waals surface area contributed by atoms with E-state index in [1.165, 1.54) is 0 Å². The second-order valence-corrected chi connectivity index (χ2v) is 7.52. The second kappa shape index (κ2) is 9.33. The Hall–Kier alpha value is -1.92. The fourth-order valence-corrected chi connectivity index (χ4v) is 4.03. The normalized spacial score (nSPS) is 21.1. The van der Waals surface area contributed by atoms with E-state index in [1.807, 2.05) is 24.0 Å². The molecule has 0 radical (unpaired) electrons. The Labute approximate surface area is 161 Å². The number of carbonyl (C=O) groups excluding carboxylic acids is 2. The van der Waals surface area contributed by atoms with Crippen LogP contribution >= 0.6 is 0 Å². The zero-order valence-electron chi connectivity index (χ0n) is 16.5. The van der Waals surface area contributed by atoms with Crippen LogP contribution in [0.1, 0.15) is 30.9 Å². The molecule has 2 heterocycles. The van der Waals surface area contributed by atoms with Gasteiger partial charge in [0, 0.05) is 25.3 Å². The van der Waals surface area contributed by atoms with Crippen molar-refractivity contribution in [2.24, 2.45) is 5.92 Å². The molecule has 0 aromatic heterocycles. The molecule has 1 N–H and O–H groups in total. The van der Waals surface area contributed by atoms with Gasteiger partial charge >= 0.3 is 0 Å². The van der Waals surface area contributed by atoms with Crippen molar-refractivity contribution >= 4 is 17.5 Å². The summed E-state index contributed by atoms with van der Waals surface area (Å²) in [5.41, 5.74) is 3.17. The first kappa shape index (κ1) is 19.8. The molecule has 1 unspecified atom stereocenters. The van der Waals surface area contributed by atoms with Crippen LogP contribution in [0.25, 0.3) is 0 Å². The van der Waals surface area contributed by atoms with E-state index in [-0.39, 0.29) is 17.7 Å². The lowest BCUT2D eigenvalue weighted by Gasteiger charge is -2.36. The van der Waals surface area contributed by atoms with E-state index in [0.29, 0.717) is 39.4 Å². The zero-order valence-corrected chi connectivity index (χ0v) is 16.5. The fraction of sp³-hybridized carbons (Fsp3) is 0.619. The molecule has 2 fully saturated rings. The van der Waals surface area contributed by atoms with E-state index in [4.69, 9.17) is 4.74 Å². The van der Waals surface area contributed by atoms with Crippen LogP contribution in [0.5, 0.6) is 0 Å². The number of carbonyl (C=O) groups is 2. The lowest BCUT2D eigenvalue weighted by molar-refractivity contribution is -0.141. The number of nitrogens with zero attached hydrogens (tertiary/aromatic N) is 2. The van der Waals surface area contributed by atoms with Crippen molar-refractivity contribution in [1.82, 2.24) is 9.80 Å². The number of para-hydroxylation sites is 1. The molecule has 3 rings (SSSR count). The number of benzene rings is 1. The summed E-state index contributed by atoms with van der Waals surface area (Å²) in [6, 6.07) is 6.10. The minimum Gasteiger partial charge on any atom is -0.378 e. The van der Waals surface area contributed by atoms with Gasteiger partial charge in [0.05, 0.1) is 25.7 Å². The lowest BCUT2D eigenvalue weighted by atomic mass is 9.96. The standard InChI is InChI=1S/C21H31N3O3/c1-3-17-7-4-6-16(2)20(17)22-19(25)15-23-9-5-8-18(14-23)21(26)24-10-12-27-13-11-24/h4,6-7,18H,3,5,8-15H2,1-2H3,(H,22,25). The molecule has 0 spiro atoms. The number of ether oxygens (including phenoxy) is 1. The summed E-state index contributed by atoms with van der Waals surface area (Å²) in [6.45, 7) is 8.61. The number of amides is 2. The molecule has 148 valence electrons. The van der Waals surface area contributed by atoms with Gasteiger partial charge in [-0.15, -0.1) is 0 Å². The Balaban J connectivity index is 1.56. The summed E-state index contributed by atoms with van der Waals surface area (Å²) >= 11 is 0. The predicted molar refractivity (Wildman–Crippen MR) is 106 cm³/mol. The van der Waals surface area contributed by atoms with Gasteiger partial charge in [-0.05, 0) is 43.9 Å². The minimum atomic E-state index is -0.00526. The van der Waals surface area contributed by atoms with Crippen LogP contribution in [0, 0.1) is 12.8 Å². The average Bonchev–Trinajstić information content (AvgIpc) is 2.69. The first-order valence-electron chi connectivity index (χ1n) is 10.1. The number of anilines is 1. The number of aryl methyl sites for hydroxylation is 2. The molecule has 2 saturated heterocycles. The molecule has 1 aromatic rings. The Kier molecular flexibility index (Phi) is 6.85. The predicted octanol–water partition coefficient (Wildman–Crippen LogP) is 2.07. The Morgan fingerprint density at radius 2 is 2.00 bits per heavy atom. The first-order chi connectivity index (χ1) is 13.1. The van der Waals surface area contributed by atoms with Crippen LogP contribution < -0.4 is 5.32 Å². The van der Waals surface area contributed by atoms with Gasteiger partial charge < -0.3 is 15.0 Å². The maximum Gasteiger partial charge on any atom is 0.238 e. The molecule has 2 aliphatic rings. The van der Waals surface area contributed by atoms with Gasteiger partial charge in [0.2, 0.25) is 11.8 Å².